The lowest BCUT2D eigenvalue weighted by atomic mass is 9.88. The molecule has 2 aromatic carbocycles. The first-order valence-electron chi connectivity index (χ1n) is 7.23. The second kappa shape index (κ2) is 6.33. The van der Waals surface area contributed by atoms with Crippen LogP contribution in [0.2, 0.25) is 0 Å². The fraction of sp³-hybridized carbons (Fsp3) is 0.158. The Labute approximate surface area is 130 Å². The van der Waals surface area contributed by atoms with Crippen LogP contribution in [0.5, 0.6) is 0 Å². The van der Waals surface area contributed by atoms with Gasteiger partial charge in [-0.2, -0.15) is 0 Å². The quantitative estimate of drug-likeness (QED) is 0.815. The van der Waals surface area contributed by atoms with Crippen LogP contribution < -0.4 is 5.73 Å². The van der Waals surface area contributed by atoms with Gasteiger partial charge < -0.3 is 5.73 Å². The lowest BCUT2D eigenvalue weighted by Gasteiger charge is -2.17. The zero-order chi connectivity index (χ0) is 14.7. The molecule has 0 saturated heterocycles. The lowest BCUT2D eigenvalue weighted by Crippen LogP contribution is -1.99. The predicted octanol–water partition coefficient (Wildman–Crippen LogP) is 4.82. The fourth-order valence-electron chi connectivity index (χ4n) is 2.87. The zero-order valence-electron chi connectivity index (χ0n) is 12.1. The summed E-state index contributed by atoms with van der Waals surface area (Å²) in [5.74, 6) is 0.591. The van der Waals surface area contributed by atoms with Crippen LogP contribution in [0.15, 0.2) is 76.5 Å². The van der Waals surface area contributed by atoms with Crippen LogP contribution in [0.3, 0.4) is 0 Å². The van der Waals surface area contributed by atoms with Crippen molar-refractivity contribution in [2.45, 2.75) is 17.2 Å². The third-order valence-electron chi connectivity index (χ3n) is 3.84. The van der Waals surface area contributed by atoms with E-state index in [9.17, 15) is 0 Å². The van der Waals surface area contributed by atoms with Gasteiger partial charge in [-0.15, -0.1) is 0 Å². The summed E-state index contributed by atoms with van der Waals surface area (Å²) in [5.41, 5.74) is 8.69. The highest BCUT2D eigenvalue weighted by Crippen LogP contribution is 2.52. The molecule has 2 aliphatic rings. The van der Waals surface area contributed by atoms with Crippen LogP contribution in [0.25, 0.3) is 5.57 Å². The molecule has 0 aromatic heterocycles. The molecule has 1 unspecified atom stereocenters. The molecule has 1 heterocycles. The Morgan fingerprint density at radius 1 is 0.952 bits per heavy atom. The first kappa shape index (κ1) is 14.2. The van der Waals surface area contributed by atoms with Crippen molar-refractivity contribution in [3.63, 3.8) is 0 Å². The summed E-state index contributed by atoms with van der Waals surface area (Å²) in [7, 11) is 1.50. The van der Waals surface area contributed by atoms with Crippen molar-refractivity contribution in [1.29, 1.82) is 0 Å². The topological polar surface area (TPSA) is 26.0 Å². The molecule has 0 spiro atoms. The lowest BCUT2D eigenvalue weighted by molar-refractivity contribution is 0.840. The summed E-state index contributed by atoms with van der Waals surface area (Å²) >= 11 is 1.94. The van der Waals surface area contributed by atoms with Gasteiger partial charge in [0.25, 0.3) is 0 Å². The van der Waals surface area contributed by atoms with Gasteiger partial charge in [-0.3, -0.25) is 0 Å². The maximum Gasteiger partial charge on any atom is 0.0199 e. The third kappa shape index (κ3) is 2.69. The van der Waals surface area contributed by atoms with Gasteiger partial charge >= 0.3 is 0 Å². The molecule has 0 fully saturated rings. The summed E-state index contributed by atoms with van der Waals surface area (Å²) in [5, 5.41) is 0. The molecular weight excluding hydrogens is 274 g/mol. The first-order valence-corrected chi connectivity index (χ1v) is 8.05. The van der Waals surface area contributed by atoms with Crippen LogP contribution in [0.1, 0.15) is 23.5 Å². The Morgan fingerprint density at radius 2 is 1.67 bits per heavy atom. The molecule has 1 aliphatic carbocycles. The average molecular weight is 293 g/mol. The van der Waals surface area contributed by atoms with Crippen molar-refractivity contribution in [3.05, 3.63) is 82.8 Å². The fourth-order valence-corrected chi connectivity index (χ4v) is 4.15. The van der Waals surface area contributed by atoms with Crippen LogP contribution in [-0.2, 0) is 0 Å². The summed E-state index contributed by atoms with van der Waals surface area (Å²) < 4.78 is 0. The highest BCUT2D eigenvalue weighted by atomic mass is 32.2. The Balaban J connectivity index is 0.000000636. The van der Waals surface area contributed by atoms with Gasteiger partial charge in [-0.05, 0) is 47.2 Å². The molecule has 0 bridgehead atoms. The Morgan fingerprint density at radius 3 is 2.48 bits per heavy atom. The molecule has 0 saturated carbocycles. The Kier molecular flexibility index (Phi) is 4.28. The molecule has 21 heavy (non-hydrogen) atoms. The van der Waals surface area contributed by atoms with Crippen LogP contribution >= 0.6 is 11.8 Å². The molecule has 1 atom stereocenters. The van der Waals surface area contributed by atoms with Gasteiger partial charge in [0.2, 0.25) is 0 Å². The molecular formula is C19H19NS. The van der Waals surface area contributed by atoms with E-state index >= 15 is 0 Å². The van der Waals surface area contributed by atoms with E-state index in [1.165, 1.54) is 33.5 Å². The van der Waals surface area contributed by atoms with Crippen molar-refractivity contribution in [1.82, 2.24) is 0 Å². The Hall–Kier alpha value is -1.77. The van der Waals surface area contributed by atoms with Gasteiger partial charge in [0.05, 0.1) is 0 Å². The molecule has 106 valence electrons. The number of allylic oxidation sites excluding steroid dienone is 4. The Bertz CT molecular complexity index is 686. The average Bonchev–Trinajstić information content (AvgIpc) is 2.95. The van der Waals surface area contributed by atoms with E-state index in [1.54, 1.807) is 0 Å². The van der Waals surface area contributed by atoms with Crippen molar-refractivity contribution < 1.29 is 0 Å². The second-order valence-electron chi connectivity index (χ2n) is 5.00. The van der Waals surface area contributed by atoms with E-state index in [-0.39, 0.29) is 0 Å². The highest BCUT2D eigenvalue weighted by Gasteiger charge is 2.29. The number of rotatable bonds is 1. The van der Waals surface area contributed by atoms with E-state index in [0.29, 0.717) is 5.92 Å². The van der Waals surface area contributed by atoms with Crippen LogP contribution in [0, 0.1) is 0 Å². The SMILES string of the molecule is C1=C(c2ccccc2)C=C2Sc3ccccc3C2C1.CN. The number of hydrogen-bond donors (Lipinski definition) is 1. The molecule has 2 heteroatoms. The minimum atomic E-state index is 0.591. The molecule has 2 aromatic rings. The summed E-state index contributed by atoms with van der Waals surface area (Å²) in [4.78, 5) is 2.93. The molecule has 2 N–H and O–H groups in total. The summed E-state index contributed by atoms with van der Waals surface area (Å²) in [6.45, 7) is 0. The number of hydrogen-bond acceptors (Lipinski definition) is 2. The minimum Gasteiger partial charge on any atom is -0.333 e. The van der Waals surface area contributed by atoms with E-state index in [4.69, 9.17) is 0 Å². The molecule has 4 rings (SSSR count). The third-order valence-corrected chi connectivity index (χ3v) is 5.07. The summed E-state index contributed by atoms with van der Waals surface area (Å²) in [6.07, 6.45) is 5.88. The monoisotopic (exact) mass is 293 g/mol. The molecule has 0 radical (unpaired) electrons. The van der Waals surface area contributed by atoms with E-state index in [1.807, 2.05) is 11.8 Å². The minimum absolute atomic E-state index is 0.591. The number of nitrogens with two attached hydrogens (primary N) is 1. The standard InChI is InChI=1S/C18H14S.CH5N/c1-2-6-13(7-3-1)14-10-11-16-15-8-4-5-9-17(15)19-18(16)12-14;1-2/h1-10,12,16H,11H2;2H2,1H3. The van der Waals surface area contributed by atoms with Crippen LogP contribution in [-0.4, -0.2) is 7.05 Å². The van der Waals surface area contributed by atoms with Crippen molar-refractivity contribution >= 4 is 17.3 Å². The smallest absolute Gasteiger partial charge is 0.0199 e. The largest absolute Gasteiger partial charge is 0.333 e. The second-order valence-corrected chi connectivity index (χ2v) is 6.12. The molecule has 0 amide bonds. The van der Waals surface area contributed by atoms with Crippen LogP contribution in [0.4, 0.5) is 0 Å². The van der Waals surface area contributed by atoms with Crippen molar-refractivity contribution in [2.75, 3.05) is 7.05 Å². The zero-order valence-corrected chi connectivity index (χ0v) is 12.9. The van der Waals surface area contributed by atoms with Crippen molar-refractivity contribution in [2.24, 2.45) is 5.73 Å². The van der Waals surface area contributed by atoms with Gasteiger partial charge in [-0.1, -0.05) is 66.4 Å². The van der Waals surface area contributed by atoms with E-state index in [0.717, 1.165) is 6.42 Å². The van der Waals surface area contributed by atoms with E-state index in [2.05, 4.69) is 72.5 Å². The van der Waals surface area contributed by atoms with Gasteiger partial charge in [0.1, 0.15) is 0 Å². The predicted molar refractivity (Wildman–Crippen MR) is 92.3 cm³/mol. The van der Waals surface area contributed by atoms with E-state index < -0.39 is 0 Å². The molecule has 1 aliphatic heterocycles. The normalized spacial score (nSPS) is 18.7. The number of thioether (sulfide) groups is 1. The number of fused-ring (bicyclic) bond motifs is 3. The summed E-state index contributed by atoms with van der Waals surface area (Å²) in [6, 6.07) is 19.5. The van der Waals surface area contributed by atoms with Gasteiger partial charge in [0.15, 0.2) is 0 Å². The maximum absolute atomic E-state index is 4.50. The van der Waals surface area contributed by atoms with Gasteiger partial charge in [-0.25, -0.2) is 0 Å². The maximum atomic E-state index is 4.50. The first-order chi connectivity index (χ1) is 10.4. The van der Waals surface area contributed by atoms with Gasteiger partial charge in [0, 0.05) is 10.8 Å². The highest BCUT2D eigenvalue weighted by molar-refractivity contribution is 8.03. The molecule has 1 nitrogen and oxygen atoms in total. The number of benzene rings is 2. The van der Waals surface area contributed by atoms with Crippen molar-refractivity contribution in [3.8, 4) is 0 Å².